The number of aliphatic hydroxyl groups excluding tert-OH is 1. The van der Waals surface area contributed by atoms with Crippen LogP contribution in [0.15, 0.2) is 24.3 Å². The number of benzene rings is 1. The summed E-state index contributed by atoms with van der Waals surface area (Å²) in [6.07, 6.45) is 4.88. The van der Waals surface area contributed by atoms with E-state index in [4.69, 9.17) is 9.84 Å². The van der Waals surface area contributed by atoms with Gasteiger partial charge in [-0.1, -0.05) is 12.1 Å². The maximum Gasteiger partial charge on any atom is 0.119 e. The summed E-state index contributed by atoms with van der Waals surface area (Å²) in [5.41, 5.74) is 1.30. The van der Waals surface area contributed by atoms with Crippen LogP contribution in [0.2, 0.25) is 0 Å². The number of hydrogen-bond donors (Lipinski definition) is 2. The van der Waals surface area contributed by atoms with Crippen LogP contribution in [0.5, 0.6) is 5.75 Å². The first-order valence-electron chi connectivity index (χ1n) is 7.77. The Labute approximate surface area is 122 Å². The van der Waals surface area contributed by atoms with E-state index < -0.39 is 0 Å². The largest absolute Gasteiger partial charge is 0.491 e. The van der Waals surface area contributed by atoms with Gasteiger partial charge in [-0.2, -0.15) is 0 Å². The molecule has 3 nitrogen and oxygen atoms in total. The molecule has 0 aromatic heterocycles. The fourth-order valence-electron chi connectivity index (χ4n) is 2.77. The van der Waals surface area contributed by atoms with Crippen molar-refractivity contribution < 1.29 is 9.84 Å². The van der Waals surface area contributed by atoms with Gasteiger partial charge < -0.3 is 15.2 Å². The molecule has 1 aromatic carbocycles. The Balaban J connectivity index is 1.74. The molecule has 3 heteroatoms. The minimum absolute atomic E-state index is 0.223. The number of rotatable bonds is 6. The molecule has 0 aliphatic heterocycles. The second kappa shape index (κ2) is 7.65. The van der Waals surface area contributed by atoms with Gasteiger partial charge in [-0.15, -0.1) is 0 Å². The van der Waals surface area contributed by atoms with Crippen LogP contribution in [0.3, 0.4) is 0 Å². The highest BCUT2D eigenvalue weighted by molar-refractivity contribution is 5.27. The van der Waals surface area contributed by atoms with Gasteiger partial charge in [0, 0.05) is 19.2 Å². The molecular formula is C17H27NO2. The van der Waals surface area contributed by atoms with E-state index in [1.165, 1.54) is 18.4 Å². The maximum absolute atomic E-state index is 9.14. The van der Waals surface area contributed by atoms with Crippen LogP contribution < -0.4 is 10.1 Å². The summed E-state index contributed by atoms with van der Waals surface area (Å²) in [6, 6.07) is 8.94. The summed E-state index contributed by atoms with van der Waals surface area (Å²) in [5, 5.41) is 12.8. The topological polar surface area (TPSA) is 41.5 Å². The highest BCUT2D eigenvalue weighted by Gasteiger charge is 2.19. The number of hydrogen-bond acceptors (Lipinski definition) is 3. The Morgan fingerprint density at radius 3 is 2.35 bits per heavy atom. The van der Waals surface area contributed by atoms with Crippen molar-refractivity contribution in [1.82, 2.24) is 5.32 Å². The average molecular weight is 277 g/mol. The third kappa shape index (κ3) is 4.80. The maximum atomic E-state index is 9.14. The Kier molecular flexibility index (Phi) is 5.86. The molecule has 1 fully saturated rings. The Morgan fingerprint density at radius 2 is 1.80 bits per heavy atom. The fraction of sp³-hybridized carbons (Fsp3) is 0.647. The van der Waals surface area contributed by atoms with Crippen molar-refractivity contribution in [3.63, 3.8) is 0 Å². The third-order valence-corrected chi connectivity index (χ3v) is 3.99. The monoisotopic (exact) mass is 277 g/mol. The smallest absolute Gasteiger partial charge is 0.119 e. The Morgan fingerprint density at radius 1 is 1.15 bits per heavy atom. The quantitative estimate of drug-likeness (QED) is 0.839. The molecule has 0 amide bonds. The van der Waals surface area contributed by atoms with E-state index in [2.05, 4.69) is 17.4 Å². The lowest BCUT2D eigenvalue weighted by molar-refractivity contribution is 0.175. The van der Waals surface area contributed by atoms with Gasteiger partial charge in [0.05, 0.1) is 6.10 Å². The molecule has 0 saturated heterocycles. The van der Waals surface area contributed by atoms with Crippen molar-refractivity contribution in [1.29, 1.82) is 0 Å². The van der Waals surface area contributed by atoms with Crippen LogP contribution in [0.4, 0.5) is 0 Å². The van der Waals surface area contributed by atoms with Crippen molar-refractivity contribution in [3.8, 4) is 5.75 Å². The van der Waals surface area contributed by atoms with Gasteiger partial charge in [-0.05, 0) is 63.1 Å². The number of aliphatic hydroxyl groups is 1. The summed E-state index contributed by atoms with van der Waals surface area (Å²) in [5.74, 6) is 1.47. The van der Waals surface area contributed by atoms with Gasteiger partial charge >= 0.3 is 0 Å². The molecule has 0 heterocycles. The van der Waals surface area contributed by atoms with Crippen LogP contribution in [-0.4, -0.2) is 23.9 Å². The molecule has 0 atom stereocenters. The molecule has 0 unspecified atom stereocenters. The average Bonchev–Trinajstić information content (AvgIpc) is 2.46. The van der Waals surface area contributed by atoms with E-state index in [-0.39, 0.29) is 6.10 Å². The molecule has 20 heavy (non-hydrogen) atoms. The lowest BCUT2D eigenvalue weighted by Crippen LogP contribution is -2.33. The zero-order valence-corrected chi connectivity index (χ0v) is 12.6. The predicted octanol–water partition coefficient (Wildman–Crippen LogP) is 3.11. The van der Waals surface area contributed by atoms with E-state index in [1.807, 2.05) is 26.0 Å². The van der Waals surface area contributed by atoms with Gasteiger partial charge in [0.25, 0.3) is 0 Å². The molecule has 1 aliphatic carbocycles. The van der Waals surface area contributed by atoms with Gasteiger partial charge in [-0.3, -0.25) is 0 Å². The molecular weight excluding hydrogens is 250 g/mol. The summed E-state index contributed by atoms with van der Waals surface area (Å²) >= 11 is 0. The van der Waals surface area contributed by atoms with Crippen LogP contribution in [0.25, 0.3) is 0 Å². The van der Waals surface area contributed by atoms with Gasteiger partial charge in [-0.25, -0.2) is 0 Å². The minimum Gasteiger partial charge on any atom is -0.491 e. The molecule has 0 bridgehead atoms. The standard InChI is InChI=1S/C17H27NO2/c1-13(2)20-17-9-5-14(6-10-17)11-18-16-7-3-15(12-19)4-8-16/h5-6,9-10,13,15-16,18-19H,3-4,7-8,11-12H2,1-2H3. The van der Waals surface area contributed by atoms with Crippen molar-refractivity contribution in [2.24, 2.45) is 5.92 Å². The van der Waals surface area contributed by atoms with Crippen LogP contribution in [0, 0.1) is 5.92 Å². The highest BCUT2D eigenvalue weighted by Crippen LogP contribution is 2.24. The van der Waals surface area contributed by atoms with E-state index in [9.17, 15) is 0 Å². The Bertz CT molecular complexity index is 380. The fourth-order valence-corrected chi connectivity index (χ4v) is 2.77. The summed E-state index contributed by atoms with van der Waals surface area (Å²) in [6.45, 7) is 5.34. The molecule has 1 saturated carbocycles. The second-order valence-corrected chi connectivity index (χ2v) is 6.09. The summed E-state index contributed by atoms with van der Waals surface area (Å²) in [7, 11) is 0. The van der Waals surface area contributed by atoms with Gasteiger partial charge in [0.15, 0.2) is 0 Å². The molecule has 1 aromatic rings. The van der Waals surface area contributed by atoms with Crippen LogP contribution >= 0.6 is 0 Å². The Hall–Kier alpha value is -1.06. The first kappa shape index (κ1) is 15.3. The van der Waals surface area contributed by atoms with Gasteiger partial charge in [0.1, 0.15) is 5.75 Å². The SMILES string of the molecule is CC(C)Oc1ccc(CNC2CCC(CO)CC2)cc1. The normalized spacial score (nSPS) is 23.0. The second-order valence-electron chi connectivity index (χ2n) is 6.09. The first-order valence-corrected chi connectivity index (χ1v) is 7.77. The lowest BCUT2D eigenvalue weighted by atomic mass is 9.86. The van der Waals surface area contributed by atoms with E-state index in [0.29, 0.717) is 18.6 Å². The van der Waals surface area contributed by atoms with Crippen LogP contribution in [0.1, 0.15) is 45.1 Å². The molecule has 1 aliphatic rings. The minimum atomic E-state index is 0.223. The highest BCUT2D eigenvalue weighted by atomic mass is 16.5. The van der Waals surface area contributed by atoms with Gasteiger partial charge in [0.2, 0.25) is 0 Å². The van der Waals surface area contributed by atoms with E-state index in [1.54, 1.807) is 0 Å². The van der Waals surface area contributed by atoms with Crippen molar-refractivity contribution in [3.05, 3.63) is 29.8 Å². The molecule has 112 valence electrons. The first-order chi connectivity index (χ1) is 9.67. The number of nitrogens with one attached hydrogen (secondary N) is 1. The zero-order chi connectivity index (χ0) is 14.4. The predicted molar refractivity (Wildman–Crippen MR) is 81.9 cm³/mol. The zero-order valence-electron chi connectivity index (χ0n) is 12.6. The van der Waals surface area contributed by atoms with E-state index >= 15 is 0 Å². The van der Waals surface area contributed by atoms with Crippen molar-refractivity contribution >= 4 is 0 Å². The van der Waals surface area contributed by atoms with Crippen LogP contribution in [-0.2, 0) is 6.54 Å². The molecule has 0 radical (unpaired) electrons. The molecule has 2 rings (SSSR count). The molecule has 2 N–H and O–H groups in total. The molecule has 0 spiro atoms. The number of ether oxygens (including phenoxy) is 1. The van der Waals surface area contributed by atoms with Crippen molar-refractivity contribution in [2.75, 3.05) is 6.61 Å². The summed E-state index contributed by atoms with van der Waals surface area (Å²) in [4.78, 5) is 0. The lowest BCUT2D eigenvalue weighted by Gasteiger charge is -2.28. The van der Waals surface area contributed by atoms with E-state index in [0.717, 1.165) is 25.1 Å². The van der Waals surface area contributed by atoms with Crippen molar-refractivity contribution in [2.45, 2.75) is 58.2 Å². The third-order valence-electron chi connectivity index (χ3n) is 3.99. The summed E-state index contributed by atoms with van der Waals surface area (Å²) < 4.78 is 5.64.